The summed E-state index contributed by atoms with van der Waals surface area (Å²) in [7, 11) is -2.41. The van der Waals surface area contributed by atoms with E-state index in [1.165, 1.54) is 40.6 Å². The number of anilines is 2. The molecule has 6 rings (SSSR count). The highest BCUT2D eigenvalue weighted by Crippen LogP contribution is 2.45. The van der Waals surface area contributed by atoms with Crippen LogP contribution in [0.25, 0.3) is 10.6 Å². The van der Waals surface area contributed by atoms with Crippen LogP contribution < -0.4 is 24.7 Å². The molecule has 1 N–H and O–H groups in total. The van der Waals surface area contributed by atoms with Crippen molar-refractivity contribution >= 4 is 66.8 Å². The molecule has 1 aliphatic carbocycles. The Balaban J connectivity index is 1.53. The van der Waals surface area contributed by atoms with E-state index < -0.39 is 10.1 Å². The molecule has 0 saturated heterocycles. The molecule has 3 aromatic rings. The molecule has 1 amide bonds. The summed E-state index contributed by atoms with van der Waals surface area (Å²) in [6, 6.07) is 13.3. The molecule has 1 fully saturated rings. The molecule has 0 atom stereocenters. The second kappa shape index (κ2) is 9.77. The SMILES string of the molecule is CC1=NN(c2ccc(S(=O)(=O)O)cc2)C(=O)C1=c1sc(=C2Sc3ccccc3N2C)c(=O)n1C1CCCCC1. The molecular weight excluding hydrogens is 557 g/mol. The number of para-hydroxylation sites is 1. The summed E-state index contributed by atoms with van der Waals surface area (Å²) in [5.41, 5.74) is 2.17. The van der Waals surface area contributed by atoms with Gasteiger partial charge in [0.05, 0.1) is 27.6 Å². The van der Waals surface area contributed by atoms with Crippen LogP contribution in [0.5, 0.6) is 0 Å². The second-order valence-electron chi connectivity index (χ2n) is 9.78. The summed E-state index contributed by atoms with van der Waals surface area (Å²) in [6.07, 6.45) is 4.94. The van der Waals surface area contributed by atoms with Crippen LogP contribution in [0.2, 0.25) is 0 Å². The fourth-order valence-electron chi connectivity index (χ4n) is 5.36. The molecule has 1 saturated carbocycles. The van der Waals surface area contributed by atoms with Gasteiger partial charge in [-0.25, -0.2) is 0 Å². The van der Waals surface area contributed by atoms with Gasteiger partial charge >= 0.3 is 0 Å². The number of benzene rings is 2. The van der Waals surface area contributed by atoms with Gasteiger partial charge < -0.3 is 4.90 Å². The van der Waals surface area contributed by atoms with E-state index in [1.807, 2.05) is 40.8 Å². The van der Waals surface area contributed by atoms with Gasteiger partial charge in [-0.15, -0.1) is 11.3 Å². The average Bonchev–Trinajstić information content (AvgIpc) is 3.54. The number of hydrazone groups is 1. The average molecular weight is 583 g/mol. The minimum Gasteiger partial charge on any atom is -0.337 e. The molecule has 3 heterocycles. The van der Waals surface area contributed by atoms with E-state index in [0.717, 1.165) is 47.7 Å². The Hall–Kier alpha value is -3.19. The van der Waals surface area contributed by atoms with Crippen LogP contribution in [-0.4, -0.2) is 36.2 Å². The first-order chi connectivity index (χ1) is 18.6. The summed E-state index contributed by atoms with van der Waals surface area (Å²) < 4.78 is 35.2. The maximum atomic E-state index is 14.1. The predicted molar refractivity (Wildman–Crippen MR) is 154 cm³/mol. The molecule has 0 spiro atoms. The Morgan fingerprint density at radius 1 is 1.00 bits per heavy atom. The number of carbonyl (C=O) groups excluding carboxylic acids is 1. The lowest BCUT2D eigenvalue weighted by molar-refractivity contribution is -0.112. The third kappa shape index (κ3) is 4.45. The lowest BCUT2D eigenvalue weighted by Crippen LogP contribution is -2.38. The largest absolute Gasteiger partial charge is 0.337 e. The zero-order chi connectivity index (χ0) is 27.5. The second-order valence-corrected chi connectivity index (χ2v) is 13.2. The van der Waals surface area contributed by atoms with Crippen molar-refractivity contribution in [2.24, 2.45) is 5.10 Å². The Bertz CT molecular complexity index is 1820. The summed E-state index contributed by atoms with van der Waals surface area (Å²) in [5, 5.41) is 6.54. The Kier molecular flexibility index (Phi) is 6.53. The van der Waals surface area contributed by atoms with Crippen LogP contribution >= 0.6 is 23.1 Å². The number of hydrogen-bond donors (Lipinski definition) is 1. The van der Waals surface area contributed by atoms with Crippen LogP contribution in [0.15, 0.2) is 68.2 Å². The molecule has 2 aliphatic heterocycles. The Morgan fingerprint density at radius 3 is 2.36 bits per heavy atom. The molecule has 2 aromatic carbocycles. The highest BCUT2D eigenvalue weighted by Gasteiger charge is 2.34. The van der Waals surface area contributed by atoms with Crippen molar-refractivity contribution in [1.82, 2.24) is 4.57 Å². The standard InChI is InChI=1S/C27H26N4O5S3/c1-16-22(24(32)31(28-16)18-12-14-19(15-13-18)39(34,35)36)26-30(17-8-4-3-5-9-17)25(33)23(38-26)27-29(2)20-10-6-7-11-21(20)37-27/h6-7,10-15,17H,3-5,8-9H2,1-2H3,(H,34,35,36). The van der Waals surface area contributed by atoms with Crippen LogP contribution in [-0.2, 0) is 14.9 Å². The number of fused-ring (bicyclic) bond motifs is 1. The van der Waals surface area contributed by atoms with Gasteiger partial charge in [-0.3, -0.25) is 18.7 Å². The Morgan fingerprint density at radius 2 is 1.69 bits per heavy atom. The number of aromatic nitrogens is 1. The van der Waals surface area contributed by atoms with Crippen LogP contribution in [0.4, 0.5) is 11.4 Å². The summed E-state index contributed by atoms with van der Waals surface area (Å²) >= 11 is 2.89. The van der Waals surface area contributed by atoms with Crippen molar-refractivity contribution in [3.8, 4) is 0 Å². The number of thiazole rings is 1. The molecule has 39 heavy (non-hydrogen) atoms. The smallest absolute Gasteiger partial charge is 0.294 e. The van der Waals surface area contributed by atoms with Crippen molar-refractivity contribution in [3.05, 3.63) is 68.1 Å². The van der Waals surface area contributed by atoms with E-state index in [-0.39, 0.29) is 22.4 Å². The number of amides is 1. The van der Waals surface area contributed by atoms with Crippen molar-refractivity contribution in [3.63, 3.8) is 0 Å². The normalized spacial score (nSPS) is 21.0. The molecule has 9 nitrogen and oxygen atoms in total. The first kappa shape index (κ1) is 26.1. The molecular formula is C27H26N4O5S3. The van der Waals surface area contributed by atoms with E-state index in [1.54, 1.807) is 18.7 Å². The molecule has 202 valence electrons. The van der Waals surface area contributed by atoms with Gasteiger partial charge in [-0.05, 0) is 56.2 Å². The van der Waals surface area contributed by atoms with E-state index in [9.17, 15) is 22.6 Å². The number of hydrogen-bond acceptors (Lipinski definition) is 8. The zero-order valence-corrected chi connectivity index (χ0v) is 23.8. The van der Waals surface area contributed by atoms with Crippen LogP contribution in [0.1, 0.15) is 45.1 Å². The number of rotatable bonds is 3. The maximum absolute atomic E-state index is 14.1. The Labute approximate surface area is 233 Å². The quantitative estimate of drug-likeness (QED) is 0.470. The minimum absolute atomic E-state index is 0.00197. The molecule has 0 radical (unpaired) electrons. The fraction of sp³-hybridized carbons (Fsp3) is 0.296. The molecule has 12 heteroatoms. The third-order valence-electron chi connectivity index (χ3n) is 7.31. The van der Waals surface area contributed by atoms with Gasteiger partial charge in [-0.1, -0.05) is 43.2 Å². The van der Waals surface area contributed by atoms with E-state index in [0.29, 0.717) is 26.2 Å². The highest BCUT2D eigenvalue weighted by atomic mass is 32.2. The monoisotopic (exact) mass is 582 g/mol. The predicted octanol–water partition coefficient (Wildman–Crippen LogP) is 3.54. The van der Waals surface area contributed by atoms with Gasteiger partial charge in [0, 0.05) is 18.0 Å². The van der Waals surface area contributed by atoms with Crippen molar-refractivity contribution in [2.45, 2.75) is 54.9 Å². The lowest BCUT2D eigenvalue weighted by Gasteiger charge is -2.23. The van der Waals surface area contributed by atoms with Crippen molar-refractivity contribution in [2.75, 3.05) is 17.0 Å². The third-order valence-corrected chi connectivity index (χ3v) is 10.7. The van der Waals surface area contributed by atoms with E-state index >= 15 is 0 Å². The maximum Gasteiger partial charge on any atom is 0.294 e. The van der Waals surface area contributed by atoms with Gasteiger partial charge in [0.2, 0.25) is 0 Å². The van der Waals surface area contributed by atoms with Gasteiger partial charge in [-0.2, -0.15) is 18.5 Å². The topological polar surface area (TPSA) is 112 Å². The van der Waals surface area contributed by atoms with Gasteiger partial charge in [0.15, 0.2) is 0 Å². The number of thioether (sulfide) groups is 1. The fourth-order valence-corrected chi connectivity index (χ4v) is 8.44. The van der Waals surface area contributed by atoms with Gasteiger partial charge in [0.1, 0.15) is 14.2 Å². The lowest BCUT2D eigenvalue weighted by atomic mass is 9.95. The number of nitrogens with zero attached hydrogens (tertiary/aromatic N) is 4. The summed E-state index contributed by atoms with van der Waals surface area (Å²) in [5.74, 6) is -0.384. The number of carbonyl (C=O) groups is 1. The first-order valence-electron chi connectivity index (χ1n) is 12.6. The molecule has 1 aromatic heterocycles. The molecule has 0 bridgehead atoms. The van der Waals surface area contributed by atoms with E-state index in [2.05, 4.69) is 5.10 Å². The molecule has 3 aliphatic rings. The summed E-state index contributed by atoms with van der Waals surface area (Å²) in [6.45, 7) is 1.74. The highest BCUT2D eigenvalue weighted by molar-refractivity contribution is 8.08. The van der Waals surface area contributed by atoms with E-state index in [4.69, 9.17) is 0 Å². The summed E-state index contributed by atoms with van der Waals surface area (Å²) in [4.78, 5) is 30.7. The molecule has 0 unspecified atom stereocenters. The first-order valence-corrected chi connectivity index (χ1v) is 15.7. The van der Waals surface area contributed by atoms with Crippen LogP contribution in [0, 0.1) is 0 Å². The van der Waals surface area contributed by atoms with Crippen molar-refractivity contribution < 1.29 is 17.8 Å². The zero-order valence-electron chi connectivity index (χ0n) is 21.3. The minimum atomic E-state index is -4.36. The van der Waals surface area contributed by atoms with Crippen molar-refractivity contribution in [1.29, 1.82) is 0 Å². The van der Waals surface area contributed by atoms with Gasteiger partial charge in [0.25, 0.3) is 21.6 Å². The van der Waals surface area contributed by atoms with Crippen LogP contribution in [0.3, 0.4) is 0 Å².